The minimum absolute atomic E-state index is 0.105. The van der Waals surface area contributed by atoms with Crippen molar-refractivity contribution >= 4 is 72.8 Å². The molecule has 2 N–H and O–H groups in total. The number of thiazole rings is 1. The Balaban J connectivity index is 0.709. The largest absolute Gasteiger partial charge is 0.490 e. The molecular formula is C61H69N9O6S. The van der Waals surface area contributed by atoms with Gasteiger partial charge in [-0.05, 0) is 149 Å². The Morgan fingerprint density at radius 1 is 0.831 bits per heavy atom. The van der Waals surface area contributed by atoms with Gasteiger partial charge in [-0.1, -0.05) is 66.8 Å². The van der Waals surface area contributed by atoms with Gasteiger partial charge in [-0.3, -0.25) is 34.6 Å². The number of hydrogen-bond acceptors (Lipinski definition) is 13. The third-order valence-corrected chi connectivity index (χ3v) is 16.9. The van der Waals surface area contributed by atoms with Crippen LogP contribution in [0.5, 0.6) is 5.75 Å². The fraction of sp³-hybridized carbons (Fsp3) is 0.426. The molecule has 3 aromatic heterocycles. The molecule has 0 spiro atoms. The second-order valence-electron chi connectivity index (χ2n) is 22.6. The molecule has 4 aromatic carbocycles. The Kier molecular flexibility index (Phi) is 14.6. The number of benzene rings is 4. The number of nitrogens with zero attached hydrogens (tertiary/aromatic N) is 7. The molecule has 3 amide bonds. The standard InChI is InChI=1S/C61H69N9O6S/c1-37(35-68-30-32-69(33-31-68)49-17-10-15-45-54(66-67(6)56(45)49)46-25-27-53(71)64-58(46)73)34-39-20-22-41(23-21-39)75-50-18-11-13-42(38(50)2)43-24-26-52(63-55(43)59(74)76-61(3,4)5)70-29-28-40-12-9-14-44(47(40)36-70)57(72)65-60-62-48-16-7-8-19-51(48)77-60/h7-19,24,26,37,39,41,46H,20-23,25,27-36H2,1-6H3,(H,62,65,72)(H,64,71,73)/t37-,39?,41?,46?/m1/s1. The van der Waals surface area contributed by atoms with Gasteiger partial charge in [-0.25, -0.2) is 14.8 Å². The Morgan fingerprint density at radius 2 is 1.61 bits per heavy atom. The minimum atomic E-state index is -0.736. The number of hydrogen-bond donors (Lipinski definition) is 2. The van der Waals surface area contributed by atoms with Crippen molar-refractivity contribution in [1.29, 1.82) is 0 Å². The predicted molar refractivity (Wildman–Crippen MR) is 303 cm³/mol. The molecule has 4 aliphatic rings. The fourth-order valence-corrected chi connectivity index (χ4v) is 13.0. The lowest BCUT2D eigenvalue weighted by molar-refractivity contribution is -0.134. The number of imide groups is 1. The van der Waals surface area contributed by atoms with E-state index in [1.165, 1.54) is 17.8 Å². The van der Waals surface area contributed by atoms with Crippen LogP contribution in [-0.4, -0.2) is 99.3 Å². The lowest BCUT2D eigenvalue weighted by Crippen LogP contribution is -2.47. The van der Waals surface area contributed by atoms with Crippen LogP contribution in [0.1, 0.15) is 122 Å². The van der Waals surface area contributed by atoms with E-state index in [2.05, 4.69) is 62.4 Å². The van der Waals surface area contributed by atoms with E-state index in [0.29, 0.717) is 66.3 Å². The molecular weight excluding hydrogens is 987 g/mol. The molecule has 15 nitrogen and oxygen atoms in total. The molecule has 3 fully saturated rings. The van der Waals surface area contributed by atoms with E-state index in [1.807, 2.05) is 105 Å². The summed E-state index contributed by atoms with van der Waals surface area (Å²) in [6.07, 6.45) is 7.07. The molecule has 16 heteroatoms. The number of para-hydroxylation sites is 2. The maximum absolute atomic E-state index is 14.2. The molecule has 0 radical (unpaired) electrons. The molecule has 1 unspecified atom stereocenters. The number of esters is 1. The van der Waals surface area contributed by atoms with Gasteiger partial charge in [0.15, 0.2) is 10.8 Å². The van der Waals surface area contributed by atoms with Crippen molar-refractivity contribution in [3.63, 3.8) is 0 Å². The van der Waals surface area contributed by atoms with E-state index in [4.69, 9.17) is 19.6 Å². The molecule has 3 aliphatic heterocycles. The van der Waals surface area contributed by atoms with Crippen molar-refractivity contribution < 1.29 is 28.7 Å². The molecule has 7 aromatic rings. The topological polar surface area (TPSA) is 164 Å². The van der Waals surface area contributed by atoms with Gasteiger partial charge in [0.2, 0.25) is 11.8 Å². The van der Waals surface area contributed by atoms with Gasteiger partial charge in [0.05, 0.1) is 39.1 Å². The number of amides is 3. The molecule has 2 atom stereocenters. The van der Waals surface area contributed by atoms with Crippen molar-refractivity contribution in [3.05, 3.63) is 125 Å². The molecule has 11 rings (SSSR count). The SMILES string of the molecule is Cc1c(OC2CCC(C[C@@H](C)CN3CCN(c4cccc5c(C6CCC(=O)NC6=O)nn(C)c45)CC3)CC2)cccc1-c1ccc(N2CCc3cccc(C(=O)Nc4nc5ccccc5s4)c3C2)nc1C(=O)OC(C)(C)C. The predicted octanol–water partition coefficient (Wildman–Crippen LogP) is 10.6. The van der Waals surface area contributed by atoms with Crippen molar-refractivity contribution in [3.8, 4) is 16.9 Å². The molecule has 77 heavy (non-hydrogen) atoms. The van der Waals surface area contributed by atoms with Crippen molar-refractivity contribution in [1.82, 2.24) is 30.0 Å². The quantitative estimate of drug-likeness (QED) is 0.0831. The molecule has 0 bridgehead atoms. The minimum Gasteiger partial charge on any atom is -0.490 e. The Hall–Kier alpha value is -7.17. The van der Waals surface area contributed by atoms with E-state index < -0.39 is 17.5 Å². The first-order chi connectivity index (χ1) is 37.1. The van der Waals surface area contributed by atoms with Gasteiger partial charge in [-0.2, -0.15) is 5.10 Å². The van der Waals surface area contributed by atoms with Crippen molar-refractivity contribution in [2.75, 3.05) is 54.4 Å². The average molecular weight is 1060 g/mol. The number of carbonyl (C=O) groups is 4. The summed E-state index contributed by atoms with van der Waals surface area (Å²) in [5, 5.41) is 11.9. The van der Waals surface area contributed by atoms with Crippen LogP contribution < -0.4 is 25.2 Å². The normalized spacial score (nSPS) is 19.7. The van der Waals surface area contributed by atoms with Crippen LogP contribution in [0.25, 0.3) is 32.2 Å². The van der Waals surface area contributed by atoms with Gasteiger partial charge in [-0.15, -0.1) is 0 Å². The number of rotatable bonds is 13. The molecule has 1 aliphatic carbocycles. The second-order valence-corrected chi connectivity index (χ2v) is 23.7. The highest BCUT2D eigenvalue weighted by Gasteiger charge is 2.34. The van der Waals surface area contributed by atoms with E-state index in [0.717, 1.165) is 119 Å². The summed E-state index contributed by atoms with van der Waals surface area (Å²) in [7, 11) is 1.95. The van der Waals surface area contributed by atoms with E-state index in [1.54, 1.807) is 0 Å². The summed E-state index contributed by atoms with van der Waals surface area (Å²) < 4.78 is 15.8. The van der Waals surface area contributed by atoms with Crippen LogP contribution in [0, 0.1) is 18.8 Å². The number of pyridine rings is 1. The summed E-state index contributed by atoms with van der Waals surface area (Å²) in [5.41, 5.74) is 8.43. The van der Waals surface area contributed by atoms with Gasteiger partial charge in [0.25, 0.3) is 5.91 Å². The maximum atomic E-state index is 14.2. The molecule has 2 saturated heterocycles. The Labute approximate surface area is 454 Å². The summed E-state index contributed by atoms with van der Waals surface area (Å²) in [5.74, 6) is 1.09. The maximum Gasteiger partial charge on any atom is 0.358 e. The smallest absolute Gasteiger partial charge is 0.358 e. The number of anilines is 3. The van der Waals surface area contributed by atoms with Gasteiger partial charge in [0, 0.05) is 75.8 Å². The van der Waals surface area contributed by atoms with E-state index in [9.17, 15) is 19.2 Å². The molecule has 1 saturated carbocycles. The first kappa shape index (κ1) is 51.9. The van der Waals surface area contributed by atoms with Crippen LogP contribution in [0.4, 0.5) is 16.6 Å². The molecule has 400 valence electrons. The number of fused-ring (bicyclic) bond motifs is 3. The number of ether oxygens (including phenoxy) is 2. The van der Waals surface area contributed by atoms with Crippen LogP contribution in [0.3, 0.4) is 0 Å². The lowest BCUT2D eigenvalue weighted by Gasteiger charge is -2.38. The fourth-order valence-electron chi connectivity index (χ4n) is 12.2. The van der Waals surface area contributed by atoms with Crippen molar-refractivity contribution in [2.24, 2.45) is 18.9 Å². The first-order valence-corrected chi connectivity index (χ1v) is 28.2. The Morgan fingerprint density at radius 3 is 2.39 bits per heavy atom. The third kappa shape index (κ3) is 11.2. The van der Waals surface area contributed by atoms with Crippen LogP contribution in [0.15, 0.2) is 91.0 Å². The highest BCUT2D eigenvalue weighted by atomic mass is 32.1. The number of aromatic nitrogens is 4. The van der Waals surface area contributed by atoms with Crippen LogP contribution in [-0.2, 0) is 34.3 Å². The zero-order valence-corrected chi connectivity index (χ0v) is 45.9. The number of nitrogens with one attached hydrogen (secondary N) is 2. The highest BCUT2D eigenvalue weighted by Crippen LogP contribution is 2.39. The first-order valence-electron chi connectivity index (χ1n) is 27.4. The van der Waals surface area contributed by atoms with E-state index in [-0.39, 0.29) is 29.5 Å². The number of carbonyl (C=O) groups excluding carboxylic acids is 4. The summed E-state index contributed by atoms with van der Waals surface area (Å²) in [4.78, 5) is 69.5. The monoisotopic (exact) mass is 1060 g/mol. The van der Waals surface area contributed by atoms with E-state index >= 15 is 0 Å². The van der Waals surface area contributed by atoms with Crippen molar-refractivity contribution in [2.45, 2.75) is 110 Å². The number of aryl methyl sites for hydroxylation is 1. The number of piperidine rings is 1. The molecule has 6 heterocycles. The lowest BCUT2D eigenvalue weighted by atomic mass is 9.82. The zero-order valence-electron chi connectivity index (χ0n) is 45.1. The summed E-state index contributed by atoms with van der Waals surface area (Å²) in [6.45, 7) is 16.1. The average Bonchev–Trinajstić information content (AvgIpc) is 4.00. The second kappa shape index (κ2) is 21.7. The highest BCUT2D eigenvalue weighted by molar-refractivity contribution is 7.22. The summed E-state index contributed by atoms with van der Waals surface area (Å²) >= 11 is 1.45. The van der Waals surface area contributed by atoms with Crippen LogP contribution >= 0.6 is 11.3 Å². The zero-order chi connectivity index (χ0) is 53.5. The van der Waals surface area contributed by atoms with Gasteiger partial charge >= 0.3 is 5.97 Å². The number of piperazine rings is 1. The van der Waals surface area contributed by atoms with Gasteiger partial charge < -0.3 is 19.3 Å². The third-order valence-electron chi connectivity index (χ3n) is 16.0. The van der Waals surface area contributed by atoms with Crippen LogP contribution in [0.2, 0.25) is 0 Å². The summed E-state index contributed by atoms with van der Waals surface area (Å²) in [6, 6.07) is 30.0. The van der Waals surface area contributed by atoms with Gasteiger partial charge in [0.1, 0.15) is 17.2 Å². The Bertz CT molecular complexity index is 3350.